The third-order valence-electron chi connectivity index (χ3n) is 3.37. The third kappa shape index (κ3) is 6.32. The number of carbonyl (C=O) groups excluding carboxylic acids is 1. The van der Waals surface area contributed by atoms with Crippen LogP contribution in [0.2, 0.25) is 0 Å². The van der Waals surface area contributed by atoms with E-state index in [1.165, 1.54) is 0 Å². The van der Waals surface area contributed by atoms with Crippen LogP contribution in [-0.2, 0) is 24.3 Å². The molecule has 0 radical (unpaired) electrons. The van der Waals surface area contributed by atoms with E-state index in [1.54, 1.807) is 27.7 Å². The van der Waals surface area contributed by atoms with E-state index >= 15 is 0 Å². The van der Waals surface area contributed by atoms with Crippen LogP contribution in [-0.4, -0.2) is 45.5 Å². The van der Waals surface area contributed by atoms with Gasteiger partial charge in [0.05, 0.1) is 18.5 Å². The van der Waals surface area contributed by atoms with Crippen LogP contribution in [0.15, 0.2) is 0 Å². The maximum Gasteiger partial charge on any atom is 0.324 e. The van der Waals surface area contributed by atoms with E-state index in [0.717, 1.165) is 19.3 Å². The fourth-order valence-corrected chi connectivity index (χ4v) is 3.87. The molecule has 21 heavy (non-hydrogen) atoms. The first-order valence-electron chi connectivity index (χ1n) is 7.44. The molecule has 0 spiro atoms. The van der Waals surface area contributed by atoms with Gasteiger partial charge in [0.1, 0.15) is 6.04 Å². The molecule has 0 saturated carbocycles. The molecule has 0 aromatic rings. The van der Waals surface area contributed by atoms with Crippen molar-refractivity contribution in [3.05, 3.63) is 0 Å². The number of ether oxygens (including phenoxy) is 2. The van der Waals surface area contributed by atoms with E-state index in [1.807, 2.05) is 0 Å². The molecule has 124 valence electrons. The number of hydrogen-bond acceptors (Lipinski definition) is 5. The van der Waals surface area contributed by atoms with E-state index < -0.39 is 27.4 Å². The maximum absolute atomic E-state index is 12.3. The second kappa shape index (κ2) is 7.56. The fraction of sp³-hybridized carbons (Fsp3) is 0.929. The zero-order valence-electron chi connectivity index (χ0n) is 13.3. The Morgan fingerprint density at radius 1 is 1.38 bits per heavy atom. The molecule has 1 aliphatic rings. The van der Waals surface area contributed by atoms with Crippen molar-refractivity contribution in [1.29, 1.82) is 0 Å². The maximum atomic E-state index is 12.3. The predicted octanol–water partition coefficient (Wildman–Crippen LogP) is 1.45. The lowest BCUT2D eigenvalue weighted by molar-refractivity contribution is -0.147. The van der Waals surface area contributed by atoms with Gasteiger partial charge in [0.15, 0.2) is 0 Å². The summed E-state index contributed by atoms with van der Waals surface area (Å²) < 4.78 is 37.4. The summed E-state index contributed by atoms with van der Waals surface area (Å²) in [5, 5.41) is 0. The van der Waals surface area contributed by atoms with Crippen LogP contribution in [0.1, 0.15) is 47.0 Å². The molecule has 1 fully saturated rings. The Balaban J connectivity index is 2.73. The van der Waals surface area contributed by atoms with Crippen LogP contribution >= 0.6 is 0 Å². The van der Waals surface area contributed by atoms with Crippen LogP contribution in [0, 0.1) is 5.41 Å². The summed E-state index contributed by atoms with van der Waals surface area (Å²) in [6.45, 7) is 7.91. The molecule has 6 nitrogen and oxygen atoms in total. The number of carbonyl (C=O) groups is 1. The number of hydrogen-bond donors (Lipinski definition) is 1. The van der Waals surface area contributed by atoms with E-state index in [9.17, 15) is 13.2 Å². The van der Waals surface area contributed by atoms with E-state index in [0.29, 0.717) is 6.61 Å². The largest absolute Gasteiger partial charge is 0.465 e. The van der Waals surface area contributed by atoms with Crippen molar-refractivity contribution >= 4 is 16.0 Å². The van der Waals surface area contributed by atoms with Crippen molar-refractivity contribution in [3.8, 4) is 0 Å². The molecule has 0 unspecified atom stereocenters. The van der Waals surface area contributed by atoms with Crippen molar-refractivity contribution < 1.29 is 22.7 Å². The number of rotatable bonds is 6. The van der Waals surface area contributed by atoms with E-state index in [-0.39, 0.29) is 18.5 Å². The highest BCUT2D eigenvalue weighted by molar-refractivity contribution is 7.89. The van der Waals surface area contributed by atoms with E-state index in [4.69, 9.17) is 9.47 Å². The van der Waals surface area contributed by atoms with Gasteiger partial charge in [-0.3, -0.25) is 4.79 Å². The first kappa shape index (κ1) is 18.4. The average molecular weight is 321 g/mol. The Kier molecular flexibility index (Phi) is 6.62. The van der Waals surface area contributed by atoms with Crippen LogP contribution < -0.4 is 4.72 Å². The standard InChI is InChI=1S/C14H27NO5S/c1-5-19-13(16)12(14(2,3)4)15-21(17,18)10-11-8-6-7-9-20-11/h11-12,15H,5-10H2,1-4H3/t11-,12-/m1/s1. The summed E-state index contributed by atoms with van der Waals surface area (Å²) in [5.74, 6) is -0.656. The van der Waals surface area contributed by atoms with Crippen LogP contribution in [0.5, 0.6) is 0 Å². The lowest BCUT2D eigenvalue weighted by Crippen LogP contribution is -2.51. The highest BCUT2D eigenvalue weighted by Gasteiger charge is 2.36. The van der Waals surface area contributed by atoms with Gasteiger partial charge >= 0.3 is 5.97 Å². The van der Waals surface area contributed by atoms with Gasteiger partial charge in [0.25, 0.3) is 0 Å². The molecule has 0 aliphatic carbocycles. The molecule has 0 aromatic heterocycles. The molecule has 1 aliphatic heterocycles. The van der Waals surface area contributed by atoms with Crippen LogP contribution in [0.4, 0.5) is 0 Å². The zero-order chi connectivity index (χ0) is 16.1. The topological polar surface area (TPSA) is 81.7 Å². The average Bonchev–Trinajstić information content (AvgIpc) is 2.35. The molecule has 1 N–H and O–H groups in total. The summed E-state index contributed by atoms with van der Waals surface area (Å²) in [5.41, 5.74) is -0.563. The molecule has 1 heterocycles. The van der Waals surface area contributed by atoms with Crippen molar-refractivity contribution in [2.24, 2.45) is 5.41 Å². The molecule has 7 heteroatoms. The Morgan fingerprint density at radius 3 is 2.52 bits per heavy atom. The predicted molar refractivity (Wildman–Crippen MR) is 80.4 cm³/mol. The first-order valence-corrected chi connectivity index (χ1v) is 9.09. The van der Waals surface area contributed by atoms with Gasteiger partial charge in [0, 0.05) is 6.61 Å². The molecule has 2 atom stereocenters. The molecule has 1 saturated heterocycles. The van der Waals surface area contributed by atoms with Gasteiger partial charge in [-0.1, -0.05) is 20.8 Å². The minimum atomic E-state index is -3.60. The first-order chi connectivity index (χ1) is 9.65. The number of nitrogens with one attached hydrogen (secondary N) is 1. The molecule has 0 aromatic carbocycles. The Bertz CT molecular complexity index is 435. The highest BCUT2D eigenvalue weighted by atomic mass is 32.2. The van der Waals surface area contributed by atoms with Crippen molar-refractivity contribution in [2.45, 2.75) is 59.1 Å². The second-order valence-electron chi connectivity index (χ2n) is 6.44. The number of sulfonamides is 1. The monoisotopic (exact) mass is 321 g/mol. The van der Waals surface area contributed by atoms with Gasteiger partial charge in [-0.25, -0.2) is 13.1 Å². The fourth-order valence-electron chi connectivity index (χ4n) is 2.22. The summed E-state index contributed by atoms with van der Waals surface area (Å²) >= 11 is 0. The number of esters is 1. The van der Waals surface area contributed by atoms with Crippen LogP contribution in [0.25, 0.3) is 0 Å². The minimum absolute atomic E-state index is 0.112. The molecular weight excluding hydrogens is 294 g/mol. The minimum Gasteiger partial charge on any atom is -0.465 e. The smallest absolute Gasteiger partial charge is 0.324 e. The van der Waals surface area contributed by atoms with Gasteiger partial charge in [0.2, 0.25) is 10.0 Å². The van der Waals surface area contributed by atoms with Crippen LogP contribution in [0.3, 0.4) is 0 Å². The van der Waals surface area contributed by atoms with Gasteiger partial charge in [-0.15, -0.1) is 0 Å². The van der Waals surface area contributed by atoms with Crippen molar-refractivity contribution in [3.63, 3.8) is 0 Å². The Morgan fingerprint density at radius 2 is 2.05 bits per heavy atom. The summed E-state index contributed by atoms with van der Waals surface area (Å²) in [6.07, 6.45) is 2.39. The Hall–Kier alpha value is -0.660. The lowest BCUT2D eigenvalue weighted by Gasteiger charge is -2.30. The summed E-state index contributed by atoms with van der Waals surface area (Å²) in [6, 6.07) is -0.897. The highest BCUT2D eigenvalue weighted by Crippen LogP contribution is 2.22. The lowest BCUT2D eigenvalue weighted by atomic mass is 9.87. The van der Waals surface area contributed by atoms with Gasteiger partial charge in [-0.2, -0.15) is 0 Å². The van der Waals surface area contributed by atoms with Gasteiger partial charge in [-0.05, 0) is 31.6 Å². The SMILES string of the molecule is CCOC(=O)[C@@H](NS(=O)(=O)C[C@H]1CCCCO1)C(C)(C)C. The summed E-state index contributed by atoms with van der Waals surface area (Å²) in [7, 11) is -3.60. The normalized spacial score (nSPS) is 21.8. The second-order valence-corrected chi connectivity index (χ2v) is 8.24. The van der Waals surface area contributed by atoms with Crippen molar-refractivity contribution in [2.75, 3.05) is 19.0 Å². The molecule has 0 amide bonds. The Labute approximate surface area is 127 Å². The molecule has 1 rings (SSSR count). The van der Waals surface area contributed by atoms with Gasteiger partial charge < -0.3 is 9.47 Å². The quantitative estimate of drug-likeness (QED) is 0.749. The summed E-state index contributed by atoms with van der Waals surface area (Å²) in [4.78, 5) is 12.0. The third-order valence-corrected chi connectivity index (χ3v) is 4.77. The van der Waals surface area contributed by atoms with E-state index in [2.05, 4.69) is 4.72 Å². The zero-order valence-corrected chi connectivity index (χ0v) is 14.2. The molecule has 0 bridgehead atoms. The molecular formula is C14H27NO5S. The van der Waals surface area contributed by atoms with Crippen molar-refractivity contribution in [1.82, 2.24) is 4.72 Å².